The van der Waals surface area contributed by atoms with Crippen molar-refractivity contribution in [2.45, 2.75) is 12.8 Å². The van der Waals surface area contributed by atoms with Gasteiger partial charge in [-0.15, -0.1) is 0 Å². The minimum Gasteiger partial charge on any atom is -0.352 e. The Kier molecular flexibility index (Phi) is 7.11. The molecule has 8 heteroatoms. The SMILES string of the molecule is O=C(CCCNC(=O)c1ccc(F)cc1)NNC(=O)c1ccccc1Cl. The number of hydrogen-bond donors (Lipinski definition) is 3. The van der Waals surface area contributed by atoms with E-state index in [-0.39, 0.29) is 29.5 Å². The van der Waals surface area contributed by atoms with Gasteiger partial charge in [0.05, 0.1) is 10.6 Å². The van der Waals surface area contributed by atoms with E-state index in [9.17, 15) is 18.8 Å². The molecule has 0 spiro atoms. The summed E-state index contributed by atoms with van der Waals surface area (Å²) < 4.78 is 12.8. The predicted molar refractivity (Wildman–Crippen MR) is 95.0 cm³/mol. The lowest BCUT2D eigenvalue weighted by atomic mass is 10.2. The summed E-state index contributed by atoms with van der Waals surface area (Å²) in [5.74, 6) is -1.69. The maximum atomic E-state index is 12.8. The van der Waals surface area contributed by atoms with Crippen molar-refractivity contribution >= 4 is 29.3 Å². The zero-order chi connectivity index (χ0) is 18.9. The quantitative estimate of drug-likeness (QED) is 0.533. The fraction of sp³-hybridized carbons (Fsp3) is 0.167. The maximum absolute atomic E-state index is 12.8. The molecule has 0 atom stereocenters. The van der Waals surface area contributed by atoms with Gasteiger partial charge in [-0.05, 0) is 42.8 Å². The lowest BCUT2D eigenvalue weighted by molar-refractivity contribution is -0.121. The molecule has 0 radical (unpaired) electrons. The molecule has 3 N–H and O–H groups in total. The molecule has 2 aromatic rings. The van der Waals surface area contributed by atoms with E-state index in [0.717, 1.165) is 0 Å². The van der Waals surface area contributed by atoms with Gasteiger partial charge in [-0.3, -0.25) is 25.2 Å². The summed E-state index contributed by atoms with van der Waals surface area (Å²) in [6, 6.07) is 11.6. The first kappa shape index (κ1) is 19.4. The molecule has 0 saturated carbocycles. The van der Waals surface area contributed by atoms with Crippen LogP contribution in [0.5, 0.6) is 0 Å². The Morgan fingerprint density at radius 2 is 1.62 bits per heavy atom. The van der Waals surface area contributed by atoms with Gasteiger partial charge in [0.2, 0.25) is 5.91 Å². The van der Waals surface area contributed by atoms with Crippen LogP contribution in [0.1, 0.15) is 33.6 Å². The second kappa shape index (κ2) is 9.53. The highest BCUT2D eigenvalue weighted by atomic mass is 35.5. The summed E-state index contributed by atoms with van der Waals surface area (Å²) in [6.45, 7) is 0.266. The van der Waals surface area contributed by atoms with Crippen molar-refractivity contribution in [2.75, 3.05) is 6.54 Å². The van der Waals surface area contributed by atoms with E-state index in [4.69, 9.17) is 11.6 Å². The zero-order valence-corrected chi connectivity index (χ0v) is 14.5. The maximum Gasteiger partial charge on any atom is 0.271 e. The van der Waals surface area contributed by atoms with Gasteiger partial charge in [-0.2, -0.15) is 0 Å². The van der Waals surface area contributed by atoms with Crippen molar-refractivity contribution < 1.29 is 18.8 Å². The molecule has 0 aliphatic carbocycles. The van der Waals surface area contributed by atoms with E-state index in [0.29, 0.717) is 12.0 Å². The highest BCUT2D eigenvalue weighted by Crippen LogP contribution is 2.14. The van der Waals surface area contributed by atoms with Crippen LogP contribution in [0.4, 0.5) is 4.39 Å². The Bertz CT molecular complexity index is 797. The third-order valence-electron chi connectivity index (χ3n) is 3.41. The highest BCUT2D eigenvalue weighted by molar-refractivity contribution is 6.33. The van der Waals surface area contributed by atoms with Gasteiger partial charge in [-0.1, -0.05) is 23.7 Å². The molecule has 6 nitrogen and oxygen atoms in total. The van der Waals surface area contributed by atoms with Crippen LogP contribution in [0.25, 0.3) is 0 Å². The molecule has 2 aromatic carbocycles. The molecule has 0 saturated heterocycles. The number of rotatable bonds is 6. The van der Waals surface area contributed by atoms with Crippen molar-refractivity contribution in [1.82, 2.24) is 16.2 Å². The van der Waals surface area contributed by atoms with Crippen LogP contribution in [0, 0.1) is 5.82 Å². The van der Waals surface area contributed by atoms with Crippen LogP contribution in [0.15, 0.2) is 48.5 Å². The Labute approximate surface area is 154 Å². The number of nitrogens with one attached hydrogen (secondary N) is 3. The third-order valence-corrected chi connectivity index (χ3v) is 3.74. The number of halogens is 2. The summed E-state index contributed by atoms with van der Waals surface area (Å²) in [5, 5.41) is 2.91. The van der Waals surface area contributed by atoms with E-state index in [1.54, 1.807) is 18.2 Å². The molecule has 0 fully saturated rings. The Morgan fingerprint density at radius 1 is 0.923 bits per heavy atom. The van der Waals surface area contributed by atoms with E-state index < -0.39 is 17.6 Å². The molecule has 0 heterocycles. The summed E-state index contributed by atoms with van der Waals surface area (Å²) in [5.41, 5.74) is 5.14. The number of hydrogen-bond acceptors (Lipinski definition) is 3. The van der Waals surface area contributed by atoms with Gasteiger partial charge >= 0.3 is 0 Å². The van der Waals surface area contributed by atoms with E-state index in [2.05, 4.69) is 16.2 Å². The number of carbonyl (C=O) groups is 3. The Hall–Kier alpha value is -2.93. The first-order chi connectivity index (χ1) is 12.5. The fourth-order valence-electron chi connectivity index (χ4n) is 2.06. The molecule has 0 aliphatic heterocycles. The normalized spacial score (nSPS) is 10.1. The first-order valence-corrected chi connectivity index (χ1v) is 8.22. The molecule has 3 amide bonds. The van der Waals surface area contributed by atoms with Crippen molar-refractivity contribution in [3.63, 3.8) is 0 Å². The summed E-state index contributed by atoms with van der Waals surface area (Å²) >= 11 is 5.89. The van der Waals surface area contributed by atoms with Crippen LogP contribution in [0.3, 0.4) is 0 Å². The van der Waals surface area contributed by atoms with E-state index in [1.165, 1.54) is 30.3 Å². The minimum atomic E-state index is -0.520. The van der Waals surface area contributed by atoms with Gasteiger partial charge in [-0.25, -0.2) is 4.39 Å². The average molecular weight is 378 g/mol. The van der Waals surface area contributed by atoms with Crippen LogP contribution < -0.4 is 16.2 Å². The number of amides is 3. The summed E-state index contributed by atoms with van der Waals surface area (Å²) in [6.07, 6.45) is 0.479. The lowest BCUT2D eigenvalue weighted by Crippen LogP contribution is -2.41. The van der Waals surface area contributed by atoms with Crippen LogP contribution in [-0.4, -0.2) is 24.3 Å². The molecule has 0 aliphatic rings. The van der Waals surface area contributed by atoms with Crippen LogP contribution in [-0.2, 0) is 4.79 Å². The van der Waals surface area contributed by atoms with Gasteiger partial charge in [0.15, 0.2) is 0 Å². The van der Waals surface area contributed by atoms with Gasteiger partial charge < -0.3 is 5.32 Å². The molecule has 2 rings (SSSR count). The van der Waals surface area contributed by atoms with Crippen molar-refractivity contribution in [1.29, 1.82) is 0 Å². The van der Waals surface area contributed by atoms with E-state index >= 15 is 0 Å². The monoisotopic (exact) mass is 377 g/mol. The number of carbonyl (C=O) groups excluding carboxylic acids is 3. The Balaban J connectivity index is 1.66. The first-order valence-electron chi connectivity index (χ1n) is 7.85. The molecule has 0 aromatic heterocycles. The number of benzene rings is 2. The minimum absolute atomic E-state index is 0.104. The van der Waals surface area contributed by atoms with Crippen molar-refractivity contribution in [3.8, 4) is 0 Å². The summed E-state index contributed by atoms with van der Waals surface area (Å²) in [7, 11) is 0. The fourth-order valence-corrected chi connectivity index (χ4v) is 2.28. The smallest absolute Gasteiger partial charge is 0.271 e. The molecular weight excluding hydrogens is 361 g/mol. The largest absolute Gasteiger partial charge is 0.352 e. The molecule has 136 valence electrons. The third kappa shape index (κ3) is 5.86. The second-order valence-electron chi connectivity index (χ2n) is 5.35. The summed E-state index contributed by atoms with van der Waals surface area (Å²) in [4.78, 5) is 35.4. The molecule has 0 bridgehead atoms. The lowest BCUT2D eigenvalue weighted by Gasteiger charge is -2.09. The second-order valence-corrected chi connectivity index (χ2v) is 5.76. The van der Waals surface area contributed by atoms with Gasteiger partial charge in [0.25, 0.3) is 11.8 Å². The molecule has 26 heavy (non-hydrogen) atoms. The predicted octanol–water partition coefficient (Wildman–Crippen LogP) is 2.45. The topological polar surface area (TPSA) is 87.3 Å². The van der Waals surface area contributed by atoms with Crippen LogP contribution >= 0.6 is 11.6 Å². The zero-order valence-electron chi connectivity index (χ0n) is 13.7. The number of hydrazine groups is 1. The highest BCUT2D eigenvalue weighted by Gasteiger charge is 2.10. The van der Waals surface area contributed by atoms with Crippen LogP contribution in [0.2, 0.25) is 5.02 Å². The molecule has 0 unspecified atom stereocenters. The molecular formula is C18H17ClFN3O3. The van der Waals surface area contributed by atoms with Gasteiger partial charge in [0, 0.05) is 18.5 Å². The van der Waals surface area contributed by atoms with Crippen molar-refractivity contribution in [2.24, 2.45) is 0 Å². The van der Waals surface area contributed by atoms with E-state index in [1.807, 2.05) is 0 Å². The van der Waals surface area contributed by atoms with Crippen molar-refractivity contribution in [3.05, 3.63) is 70.5 Å². The standard InChI is InChI=1S/C18H17ClFN3O3/c19-15-5-2-1-4-14(15)18(26)23-22-16(24)6-3-11-21-17(25)12-7-9-13(20)10-8-12/h1-2,4-5,7-10H,3,6,11H2,(H,21,25)(H,22,24)(H,23,26). The average Bonchev–Trinajstić information content (AvgIpc) is 2.64. The Morgan fingerprint density at radius 3 is 2.31 bits per heavy atom. The van der Waals surface area contributed by atoms with Gasteiger partial charge in [0.1, 0.15) is 5.82 Å².